The van der Waals surface area contributed by atoms with Gasteiger partial charge >= 0.3 is 0 Å². The van der Waals surface area contributed by atoms with Crippen LogP contribution in [0.25, 0.3) is 11.0 Å². The normalized spacial score (nSPS) is 10.9. The molecule has 0 unspecified atom stereocenters. The van der Waals surface area contributed by atoms with E-state index in [1.165, 1.54) is 24.7 Å². The van der Waals surface area contributed by atoms with Crippen molar-refractivity contribution in [3.8, 4) is 11.8 Å². The zero-order valence-electron chi connectivity index (χ0n) is 21.3. The van der Waals surface area contributed by atoms with Gasteiger partial charge in [-0.05, 0) is 74.9 Å². The molecule has 4 rings (SSSR count). The van der Waals surface area contributed by atoms with Crippen molar-refractivity contribution in [1.29, 1.82) is 0 Å². The molecule has 0 aliphatic heterocycles. The predicted molar refractivity (Wildman–Crippen MR) is 145 cm³/mol. The lowest BCUT2D eigenvalue weighted by molar-refractivity contribution is 0.102. The number of nitrogen functional groups attached to an aromatic ring is 1. The Balaban J connectivity index is 1.59. The second-order valence-corrected chi connectivity index (χ2v) is 9.24. The fraction of sp³-hybridized carbons (Fsp3) is 0.310. The summed E-state index contributed by atoms with van der Waals surface area (Å²) in [7, 11) is 0. The predicted octanol–water partition coefficient (Wildman–Crippen LogP) is 5.68. The van der Waals surface area contributed by atoms with E-state index in [1.54, 1.807) is 4.68 Å². The third-order valence-electron chi connectivity index (χ3n) is 6.08. The molecule has 2 heterocycles. The number of fused-ring (bicyclic) bond motifs is 1. The van der Waals surface area contributed by atoms with E-state index >= 15 is 0 Å². The number of rotatable bonds is 7. The van der Waals surface area contributed by atoms with Crippen molar-refractivity contribution in [2.24, 2.45) is 0 Å². The number of hydrogen-bond acceptors (Lipinski definition) is 5. The minimum absolute atomic E-state index is 0.0938. The van der Waals surface area contributed by atoms with Gasteiger partial charge < -0.3 is 11.1 Å². The summed E-state index contributed by atoms with van der Waals surface area (Å²) in [6.07, 6.45) is 5.99. The summed E-state index contributed by atoms with van der Waals surface area (Å²) in [5.41, 5.74) is 11.6. The SMILES string of the molecule is CCCCCc1cccc(NC(=O)c2ccc(C)c(C#Cc3nn(C(C)C)c4ncnc(N)c34)c2)c1. The minimum Gasteiger partial charge on any atom is -0.383 e. The molecule has 0 bridgehead atoms. The number of aromatic nitrogens is 4. The first-order valence-electron chi connectivity index (χ1n) is 12.4. The van der Waals surface area contributed by atoms with Crippen LogP contribution in [-0.2, 0) is 6.42 Å². The highest BCUT2D eigenvalue weighted by molar-refractivity contribution is 6.04. The van der Waals surface area contributed by atoms with Crippen LogP contribution in [0, 0.1) is 18.8 Å². The molecule has 0 spiro atoms. The lowest BCUT2D eigenvalue weighted by Gasteiger charge is -2.09. The Hall–Kier alpha value is -4.18. The molecule has 0 aliphatic carbocycles. The molecule has 2 aromatic heterocycles. The number of aryl methyl sites for hydroxylation is 2. The van der Waals surface area contributed by atoms with Gasteiger partial charge in [0.25, 0.3) is 5.91 Å². The number of carbonyl (C=O) groups is 1. The molecule has 184 valence electrons. The third kappa shape index (κ3) is 5.55. The molecule has 1 amide bonds. The fourth-order valence-electron chi connectivity index (χ4n) is 4.05. The summed E-state index contributed by atoms with van der Waals surface area (Å²) in [6.45, 7) is 8.21. The maximum Gasteiger partial charge on any atom is 0.255 e. The molecule has 3 N–H and O–H groups in total. The summed E-state index contributed by atoms with van der Waals surface area (Å²) in [5.74, 6) is 6.49. The number of nitrogens with one attached hydrogen (secondary N) is 1. The highest BCUT2D eigenvalue weighted by atomic mass is 16.1. The standard InChI is InChI=1S/C29H32N6O/c1-5-6-7-9-21-10-8-11-24(16-21)33-29(36)23-13-12-20(4)22(17-23)14-15-25-26-27(30)31-18-32-28(26)35(34-25)19(2)3/h8,10-13,16-19H,5-7,9H2,1-4H3,(H,33,36)(H2,30,31,32). The maximum atomic E-state index is 13.0. The summed E-state index contributed by atoms with van der Waals surface area (Å²) in [5, 5.41) is 8.29. The summed E-state index contributed by atoms with van der Waals surface area (Å²) >= 11 is 0. The third-order valence-corrected chi connectivity index (χ3v) is 6.08. The number of benzene rings is 2. The van der Waals surface area contributed by atoms with Crippen LogP contribution in [-0.4, -0.2) is 25.7 Å². The average molecular weight is 481 g/mol. The van der Waals surface area contributed by atoms with Crippen LogP contribution in [0.4, 0.5) is 11.5 Å². The lowest BCUT2D eigenvalue weighted by atomic mass is 10.0. The van der Waals surface area contributed by atoms with Gasteiger partial charge in [0.2, 0.25) is 0 Å². The van der Waals surface area contributed by atoms with Crippen molar-refractivity contribution in [2.75, 3.05) is 11.1 Å². The molecule has 2 aromatic carbocycles. The summed E-state index contributed by atoms with van der Waals surface area (Å²) < 4.78 is 1.80. The van der Waals surface area contributed by atoms with Crippen LogP contribution in [0.5, 0.6) is 0 Å². The van der Waals surface area contributed by atoms with Crippen molar-refractivity contribution < 1.29 is 4.79 Å². The number of unbranched alkanes of at least 4 members (excludes halogenated alkanes) is 2. The molecule has 0 fully saturated rings. The van der Waals surface area contributed by atoms with Crippen molar-refractivity contribution in [2.45, 2.75) is 59.4 Å². The molecule has 36 heavy (non-hydrogen) atoms. The Morgan fingerprint density at radius 3 is 2.72 bits per heavy atom. The maximum absolute atomic E-state index is 13.0. The van der Waals surface area contributed by atoms with E-state index in [2.05, 4.69) is 45.2 Å². The number of amides is 1. The first kappa shape index (κ1) is 24.9. The van der Waals surface area contributed by atoms with E-state index in [4.69, 9.17) is 5.73 Å². The molecule has 0 atom stereocenters. The van der Waals surface area contributed by atoms with Gasteiger partial charge in [-0.3, -0.25) is 4.79 Å². The molecule has 7 nitrogen and oxygen atoms in total. The van der Waals surface area contributed by atoms with Crippen molar-refractivity contribution in [1.82, 2.24) is 19.7 Å². The second-order valence-electron chi connectivity index (χ2n) is 9.24. The van der Waals surface area contributed by atoms with Gasteiger partial charge in [0.1, 0.15) is 17.8 Å². The smallest absolute Gasteiger partial charge is 0.255 e. The zero-order chi connectivity index (χ0) is 25.7. The van der Waals surface area contributed by atoms with E-state index in [9.17, 15) is 4.79 Å². The van der Waals surface area contributed by atoms with E-state index in [0.717, 1.165) is 29.7 Å². The number of nitrogens with zero attached hydrogens (tertiary/aromatic N) is 4. The molecule has 0 radical (unpaired) electrons. The molecule has 0 saturated carbocycles. The lowest BCUT2D eigenvalue weighted by Crippen LogP contribution is -2.12. The van der Waals surface area contributed by atoms with Crippen LogP contribution in [0.1, 0.15) is 78.8 Å². The number of hydrogen-bond donors (Lipinski definition) is 2. The van der Waals surface area contributed by atoms with Gasteiger partial charge in [0.05, 0.1) is 5.39 Å². The summed E-state index contributed by atoms with van der Waals surface area (Å²) in [6, 6.07) is 13.7. The summed E-state index contributed by atoms with van der Waals surface area (Å²) in [4.78, 5) is 21.5. The van der Waals surface area contributed by atoms with Crippen LogP contribution in [0.15, 0.2) is 48.8 Å². The number of nitrogens with two attached hydrogens (primary N) is 1. The highest BCUT2D eigenvalue weighted by Gasteiger charge is 2.16. The van der Waals surface area contributed by atoms with Gasteiger partial charge in [0.15, 0.2) is 5.65 Å². The van der Waals surface area contributed by atoms with Gasteiger partial charge in [-0.2, -0.15) is 5.10 Å². The van der Waals surface area contributed by atoms with E-state index in [-0.39, 0.29) is 11.9 Å². The van der Waals surface area contributed by atoms with Crippen LogP contribution >= 0.6 is 0 Å². The molecule has 0 aliphatic rings. The van der Waals surface area contributed by atoms with Crippen molar-refractivity contribution in [3.05, 3.63) is 76.7 Å². The van der Waals surface area contributed by atoms with Crippen LogP contribution in [0.3, 0.4) is 0 Å². The highest BCUT2D eigenvalue weighted by Crippen LogP contribution is 2.23. The molecular weight excluding hydrogens is 448 g/mol. The molecule has 7 heteroatoms. The topological polar surface area (TPSA) is 98.7 Å². The average Bonchev–Trinajstić information content (AvgIpc) is 3.24. The fourth-order valence-corrected chi connectivity index (χ4v) is 4.05. The van der Waals surface area contributed by atoms with E-state index in [1.807, 2.05) is 57.2 Å². The molecule has 4 aromatic rings. The monoisotopic (exact) mass is 480 g/mol. The Morgan fingerprint density at radius 1 is 1.11 bits per heavy atom. The number of anilines is 2. The van der Waals surface area contributed by atoms with Gasteiger partial charge in [-0.15, -0.1) is 0 Å². The van der Waals surface area contributed by atoms with Gasteiger partial charge in [-0.25, -0.2) is 14.6 Å². The first-order valence-corrected chi connectivity index (χ1v) is 12.4. The zero-order valence-corrected chi connectivity index (χ0v) is 21.3. The van der Waals surface area contributed by atoms with Crippen LogP contribution < -0.4 is 11.1 Å². The quantitative estimate of drug-likeness (QED) is 0.262. The van der Waals surface area contributed by atoms with Gasteiger partial charge in [0, 0.05) is 22.9 Å². The van der Waals surface area contributed by atoms with Gasteiger partial charge in [-0.1, -0.05) is 43.9 Å². The Morgan fingerprint density at radius 2 is 1.94 bits per heavy atom. The second kappa shape index (κ2) is 11.0. The molecule has 0 saturated heterocycles. The molecular formula is C29H32N6O. The largest absolute Gasteiger partial charge is 0.383 e. The first-order chi connectivity index (χ1) is 17.4. The Labute approximate surface area is 212 Å². The van der Waals surface area contributed by atoms with E-state index in [0.29, 0.717) is 28.1 Å². The number of carbonyl (C=O) groups excluding carboxylic acids is 1. The Bertz CT molecular complexity index is 1460. The van der Waals surface area contributed by atoms with E-state index < -0.39 is 0 Å². The van der Waals surface area contributed by atoms with Crippen molar-refractivity contribution >= 4 is 28.4 Å². The van der Waals surface area contributed by atoms with Crippen molar-refractivity contribution in [3.63, 3.8) is 0 Å². The Kier molecular flexibility index (Phi) is 7.65. The van der Waals surface area contributed by atoms with Crippen LogP contribution in [0.2, 0.25) is 0 Å². The minimum atomic E-state index is -0.170.